The van der Waals surface area contributed by atoms with Crippen LogP contribution in [0.25, 0.3) is 0 Å². The first-order chi connectivity index (χ1) is 8.52. The molecule has 2 rings (SSSR count). The van der Waals surface area contributed by atoms with Crippen molar-refractivity contribution in [2.45, 2.75) is 13.0 Å². The Balaban J connectivity index is 2.12. The number of halogens is 2. The molecule has 1 heterocycles. The maximum atomic E-state index is 13.0. The molecule has 4 nitrogen and oxygen atoms in total. The molecule has 1 aromatic carbocycles. The van der Waals surface area contributed by atoms with Gasteiger partial charge in [0.15, 0.2) is 0 Å². The third-order valence-electron chi connectivity index (χ3n) is 3.13. The van der Waals surface area contributed by atoms with E-state index in [2.05, 4.69) is 0 Å². The lowest BCUT2D eigenvalue weighted by Crippen LogP contribution is -2.61. The lowest BCUT2D eigenvalue weighted by Gasteiger charge is -2.44. The average Bonchev–Trinajstić information content (AvgIpc) is 2.23. The second kappa shape index (κ2) is 5.02. The van der Waals surface area contributed by atoms with E-state index in [4.69, 9.17) is 16.7 Å². The second-order valence-electron chi connectivity index (χ2n) is 4.22. The van der Waals surface area contributed by atoms with Crippen molar-refractivity contribution in [3.63, 3.8) is 0 Å². The highest BCUT2D eigenvalue weighted by molar-refractivity contribution is 6.33. The third kappa shape index (κ3) is 2.36. The number of benzene rings is 1. The van der Waals surface area contributed by atoms with E-state index in [9.17, 15) is 9.18 Å². The van der Waals surface area contributed by atoms with E-state index in [1.165, 1.54) is 17.0 Å². The van der Waals surface area contributed by atoms with Crippen LogP contribution >= 0.6 is 11.6 Å². The average molecular weight is 273 g/mol. The molecule has 0 atom stereocenters. The van der Waals surface area contributed by atoms with Crippen LogP contribution in [0.1, 0.15) is 6.92 Å². The van der Waals surface area contributed by atoms with Crippen LogP contribution in [-0.4, -0.2) is 41.8 Å². The zero-order valence-electron chi connectivity index (χ0n) is 9.94. The molecule has 0 aromatic heterocycles. The van der Waals surface area contributed by atoms with Crippen LogP contribution in [-0.2, 0) is 0 Å². The van der Waals surface area contributed by atoms with Crippen molar-refractivity contribution in [3.8, 4) is 0 Å². The van der Waals surface area contributed by atoms with E-state index in [1.54, 1.807) is 6.07 Å². The van der Waals surface area contributed by atoms with Gasteiger partial charge in [0.2, 0.25) is 0 Å². The van der Waals surface area contributed by atoms with Crippen molar-refractivity contribution in [1.82, 2.24) is 4.90 Å². The standard InChI is InChI=1S/C12H14ClFN2O2/c1-2-16(9-6-15(7-9)12(17)18)11-4-3-8(14)5-10(11)13/h3-5,9H,2,6-7H2,1H3,(H,17,18). The van der Waals surface area contributed by atoms with Crippen molar-refractivity contribution >= 4 is 23.4 Å². The Morgan fingerprint density at radius 1 is 1.61 bits per heavy atom. The number of nitrogens with zero attached hydrogens (tertiary/aromatic N) is 2. The molecule has 6 heteroatoms. The summed E-state index contributed by atoms with van der Waals surface area (Å²) in [6.07, 6.45) is -0.910. The molecule has 1 fully saturated rings. The number of rotatable bonds is 3. The predicted octanol–water partition coefficient (Wildman–Crippen LogP) is 2.67. The van der Waals surface area contributed by atoms with E-state index >= 15 is 0 Å². The number of carboxylic acid groups (broad SMARTS) is 1. The van der Waals surface area contributed by atoms with E-state index in [0.717, 1.165) is 5.69 Å². The highest BCUT2D eigenvalue weighted by Gasteiger charge is 2.34. The smallest absolute Gasteiger partial charge is 0.407 e. The van der Waals surface area contributed by atoms with Gasteiger partial charge in [0.25, 0.3) is 0 Å². The van der Waals surface area contributed by atoms with Crippen LogP contribution in [0.2, 0.25) is 5.02 Å². The maximum absolute atomic E-state index is 13.0. The normalized spacial score (nSPS) is 15.4. The van der Waals surface area contributed by atoms with Crippen molar-refractivity contribution in [2.24, 2.45) is 0 Å². The molecule has 18 heavy (non-hydrogen) atoms. The van der Waals surface area contributed by atoms with Gasteiger partial charge in [-0.2, -0.15) is 0 Å². The Bertz CT molecular complexity index is 463. The summed E-state index contributed by atoms with van der Waals surface area (Å²) in [4.78, 5) is 14.1. The minimum Gasteiger partial charge on any atom is -0.465 e. The van der Waals surface area contributed by atoms with E-state index in [-0.39, 0.29) is 11.9 Å². The Labute approximate surface area is 110 Å². The number of amides is 1. The molecular weight excluding hydrogens is 259 g/mol. The topological polar surface area (TPSA) is 43.8 Å². The molecular formula is C12H14ClFN2O2. The molecule has 0 unspecified atom stereocenters. The van der Waals surface area contributed by atoms with Gasteiger partial charge in [-0.3, -0.25) is 0 Å². The third-order valence-corrected chi connectivity index (χ3v) is 3.44. The van der Waals surface area contributed by atoms with Crippen LogP contribution in [0.4, 0.5) is 14.9 Å². The largest absolute Gasteiger partial charge is 0.465 e. The summed E-state index contributed by atoms with van der Waals surface area (Å²) in [5, 5.41) is 9.15. The lowest BCUT2D eigenvalue weighted by atomic mass is 10.1. The second-order valence-corrected chi connectivity index (χ2v) is 4.63. The number of likely N-dealkylation sites (tertiary alicyclic amines) is 1. The fraction of sp³-hybridized carbons (Fsp3) is 0.417. The summed E-state index contributed by atoms with van der Waals surface area (Å²) in [6.45, 7) is 3.57. The van der Waals surface area contributed by atoms with Gasteiger partial charge in [-0.05, 0) is 25.1 Å². The molecule has 0 spiro atoms. The summed E-state index contributed by atoms with van der Waals surface area (Å²) in [7, 11) is 0. The molecule has 1 amide bonds. The molecule has 1 aliphatic rings. The minimum absolute atomic E-state index is 0.106. The minimum atomic E-state index is -0.910. The zero-order chi connectivity index (χ0) is 13.3. The van der Waals surface area contributed by atoms with E-state index in [1.807, 2.05) is 11.8 Å². The van der Waals surface area contributed by atoms with E-state index in [0.29, 0.717) is 24.7 Å². The van der Waals surface area contributed by atoms with Gasteiger partial charge in [-0.15, -0.1) is 0 Å². The number of anilines is 1. The van der Waals surface area contributed by atoms with Crippen molar-refractivity contribution in [3.05, 3.63) is 29.0 Å². The quantitative estimate of drug-likeness (QED) is 0.920. The Kier molecular flexibility index (Phi) is 3.61. The number of likely N-dealkylation sites (N-methyl/N-ethyl adjacent to an activating group) is 1. The summed E-state index contributed by atoms with van der Waals surface area (Å²) in [5.41, 5.74) is 0.746. The maximum Gasteiger partial charge on any atom is 0.407 e. The number of hydrogen-bond acceptors (Lipinski definition) is 2. The monoisotopic (exact) mass is 272 g/mol. The summed E-state index contributed by atoms with van der Waals surface area (Å²) >= 11 is 6.02. The number of hydrogen-bond donors (Lipinski definition) is 1. The molecule has 0 saturated carbocycles. The van der Waals surface area contributed by atoms with Gasteiger partial charge in [0.1, 0.15) is 5.82 Å². The molecule has 1 saturated heterocycles. The Hall–Kier alpha value is -1.49. The van der Waals surface area contributed by atoms with Crippen LogP contribution in [0, 0.1) is 5.82 Å². The van der Waals surface area contributed by atoms with Crippen LogP contribution in [0.15, 0.2) is 18.2 Å². The van der Waals surface area contributed by atoms with Gasteiger partial charge >= 0.3 is 6.09 Å². The molecule has 1 aliphatic heterocycles. The summed E-state index contributed by atoms with van der Waals surface area (Å²) in [5.74, 6) is -0.374. The zero-order valence-corrected chi connectivity index (χ0v) is 10.7. The highest BCUT2D eigenvalue weighted by atomic mass is 35.5. The Morgan fingerprint density at radius 2 is 2.28 bits per heavy atom. The highest BCUT2D eigenvalue weighted by Crippen LogP contribution is 2.30. The molecule has 1 N–H and O–H groups in total. The van der Waals surface area contributed by atoms with Gasteiger partial charge < -0.3 is 14.9 Å². The number of carbonyl (C=O) groups is 1. The molecule has 98 valence electrons. The van der Waals surface area contributed by atoms with Crippen molar-refractivity contribution in [2.75, 3.05) is 24.5 Å². The summed E-state index contributed by atoms with van der Waals surface area (Å²) < 4.78 is 13.0. The molecule has 0 aliphatic carbocycles. The predicted molar refractivity (Wildman–Crippen MR) is 67.8 cm³/mol. The van der Waals surface area contributed by atoms with Gasteiger partial charge in [-0.1, -0.05) is 11.6 Å². The first-order valence-corrected chi connectivity index (χ1v) is 6.10. The Morgan fingerprint density at radius 3 is 2.78 bits per heavy atom. The molecule has 1 aromatic rings. The van der Waals surface area contributed by atoms with Crippen molar-refractivity contribution < 1.29 is 14.3 Å². The van der Waals surface area contributed by atoms with E-state index < -0.39 is 6.09 Å². The van der Waals surface area contributed by atoms with Crippen LogP contribution in [0.5, 0.6) is 0 Å². The fourth-order valence-electron chi connectivity index (χ4n) is 2.15. The van der Waals surface area contributed by atoms with Crippen LogP contribution < -0.4 is 4.90 Å². The van der Waals surface area contributed by atoms with Gasteiger partial charge in [0, 0.05) is 19.6 Å². The first-order valence-electron chi connectivity index (χ1n) is 5.72. The molecule has 0 radical (unpaired) electrons. The SMILES string of the molecule is CCN(c1ccc(F)cc1Cl)C1CN(C(=O)O)C1. The fourth-order valence-corrected chi connectivity index (χ4v) is 2.42. The molecule has 0 bridgehead atoms. The van der Waals surface area contributed by atoms with Gasteiger partial charge in [-0.25, -0.2) is 9.18 Å². The van der Waals surface area contributed by atoms with Gasteiger partial charge in [0.05, 0.1) is 16.8 Å². The summed E-state index contributed by atoms with van der Waals surface area (Å²) in [6, 6.07) is 4.36. The van der Waals surface area contributed by atoms with Crippen molar-refractivity contribution in [1.29, 1.82) is 0 Å². The van der Waals surface area contributed by atoms with Crippen LogP contribution in [0.3, 0.4) is 0 Å². The lowest BCUT2D eigenvalue weighted by molar-refractivity contribution is 0.104. The first kappa shape index (κ1) is 13.0.